The standard InChI is InChI=1S/C33H45NO5/c1-5-33(3,4)32(36)38-21-15-13-11-9-7-6-8-10-12-14-20-37-29-17-16-26(22-25(29)2)28-23-27-18-19-34-24-30(27)39-31(28)35/h16-19,22-24H,5-15,20-21H2,1-4H3. The molecule has 0 aliphatic carbocycles. The first-order valence-corrected chi connectivity index (χ1v) is 14.6. The number of hydrogen-bond acceptors (Lipinski definition) is 6. The minimum atomic E-state index is -0.366. The van der Waals surface area contributed by atoms with Crippen LogP contribution in [0.3, 0.4) is 0 Å². The van der Waals surface area contributed by atoms with Gasteiger partial charge in [-0.25, -0.2) is 4.79 Å². The molecule has 0 fully saturated rings. The second kappa shape index (κ2) is 15.4. The first kappa shape index (κ1) is 30.4. The molecule has 6 heteroatoms. The molecule has 0 aliphatic heterocycles. The molecule has 3 aromatic rings. The van der Waals surface area contributed by atoms with Crippen LogP contribution in [0, 0.1) is 12.3 Å². The largest absolute Gasteiger partial charge is 0.493 e. The third-order valence-corrected chi connectivity index (χ3v) is 7.49. The number of aromatic nitrogens is 1. The van der Waals surface area contributed by atoms with Gasteiger partial charge in [-0.3, -0.25) is 9.78 Å². The Kier molecular flexibility index (Phi) is 12.0. The maximum Gasteiger partial charge on any atom is 0.344 e. The number of pyridine rings is 1. The molecule has 0 bridgehead atoms. The number of benzene rings is 1. The molecular weight excluding hydrogens is 490 g/mol. The fraction of sp³-hybridized carbons (Fsp3) is 0.545. The first-order valence-electron chi connectivity index (χ1n) is 14.6. The lowest BCUT2D eigenvalue weighted by Crippen LogP contribution is -2.26. The van der Waals surface area contributed by atoms with Gasteiger partial charge in [0.2, 0.25) is 0 Å². The summed E-state index contributed by atoms with van der Waals surface area (Å²) in [4.78, 5) is 28.4. The third kappa shape index (κ3) is 9.52. The lowest BCUT2D eigenvalue weighted by atomic mass is 9.91. The van der Waals surface area contributed by atoms with Crippen LogP contribution >= 0.6 is 0 Å². The van der Waals surface area contributed by atoms with Crippen LogP contribution in [0.25, 0.3) is 22.1 Å². The molecule has 39 heavy (non-hydrogen) atoms. The molecule has 0 saturated carbocycles. The molecule has 0 radical (unpaired) electrons. The highest BCUT2D eigenvalue weighted by molar-refractivity contribution is 5.81. The van der Waals surface area contributed by atoms with Crippen LogP contribution in [-0.4, -0.2) is 24.2 Å². The average molecular weight is 536 g/mol. The minimum Gasteiger partial charge on any atom is -0.493 e. The summed E-state index contributed by atoms with van der Waals surface area (Å²) < 4.78 is 16.8. The van der Waals surface area contributed by atoms with E-state index in [9.17, 15) is 9.59 Å². The molecule has 0 spiro atoms. The Morgan fingerprint density at radius 1 is 0.897 bits per heavy atom. The van der Waals surface area contributed by atoms with Gasteiger partial charge in [0.25, 0.3) is 0 Å². The van der Waals surface area contributed by atoms with E-state index >= 15 is 0 Å². The molecule has 1 aromatic carbocycles. The number of rotatable bonds is 17. The number of hydrogen-bond donors (Lipinski definition) is 0. The van der Waals surface area contributed by atoms with Crippen LogP contribution < -0.4 is 10.4 Å². The van der Waals surface area contributed by atoms with Crippen molar-refractivity contribution in [3.63, 3.8) is 0 Å². The van der Waals surface area contributed by atoms with E-state index in [1.54, 1.807) is 12.4 Å². The number of fused-ring (bicyclic) bond motifs is 1. The molecule has 2 heterocycles. The zero-order valence-electron chi connectivity index (χ0n) is 24.2. The highest BCUT2D eigenvalue weighted by atomic mass is 16.5. The quantitative estimate of drug-likeness (QED) is 0.127. The number of carbonyl (C=O) groups is 1. The minimum absolute atomic E-state index is 0.0748. The summed E-state index contributed by atoms with van der Waals surface area (Å²) in [7, 11) is 0. The summed E-state index contributed by atoms with van der Waals surface area (Å²) in [5.41, 5.74) is 2.13. The average Bonchev–Trinajstić information content (AvgIpc) is 2.93. The van der Waals surface area contributed by atoms with Gasteiger partial charge in [0.05, 0.1) is 30.4 Å². The van der Waals surface area contributed by atoms with Crippen LogP contribution in [0.5, 0.6) is 5.75 Å². The number of unbranched alkanes of at least 4 members (excludes halogenated alkanes) is 9. The maximum absolute atomic E-state index is 12.5. The van der Waals surface area contributed by atoms with Gasteiger partial charge < -0.3 is 13.9 Å². The van der Waals surface area contributed by atoms with E-state index < -0.39 is 0 Å². The normalized spacial score (nSPS) is 11.6. The van der Waals surface area contributed by atoms with Crippen LogP contribution in [-0.2, 0) is 9.53 Å². The van der Waals surface area contributed by atoms with Crippen molar-refractivity contribution >= 4 is 16.9 Å². The Bertz CT molecular complexity index is 1250. The number of ether oxygens (including phenoxy) is 2. The molecule has 0 N–H and O–H groups in total. The lowest BCUT2D eigenvalue weighted by molar-refractivity contribution is -0.154. The maximum atomic E-state index is 12.5. The van der Waals surface area contributed by atoms with Gasteiger partial charge in [-0.05, 0) is 75.4 Å². The van der Waals surface area contributed by atoms with Crippen LogP contribution in [0.1, 0.15) is 97.0 Å². The van der Waals surface area contributed by atoms with Gasteiger partial charge in [0, 0.05) is 11.6 Å². The smallest absolute Gasteiger partial charge is 0.344 e. The van der Waals surface area contributed by atoms with Crippen molar-refractivity contribution in [1.82, 2.24) is 4.98 Å². The van der Waals surface area contributed by atoms with Crippen LogP contribution in [0.2, 0.25) is 0 Å². The van der Waals surface area contributed by atoms with E-state index in [1.165, 1.54) is 44.9 Å². The number of esters is 1. The third-order valence-electron chi connectivity index (χ3n) is 7.49. The first-order chi connectivity index (χ1) is 18.8. The Hall–Kier alpha value is -3.15. The van der Waals surface area contributed by atoms with Crippen molar-refractivity contribution in [3.05, 3.63) is 58.7 Å². The van der Waals surface area contributed by atoms with Crippen molar-refractivity contribution in [2.75, 3.05) is 13.2 Å². The monoisotopic (exact) mass is 535 g/mol. The topological polar surface area (TPSA) is 78.6 Å². The Morgan fingerprint density at radius 2 is 1.54 bits per heavy atom. The summed E-state index contributed by atoms with van der Waals surface area (Å²) in [6.07, 6.45) is 15.9. The summed E-state index contributed by atoms with van der Waals surface area (Å²) in [6.45, 7) is 9.16. The van der Waals surface area contributed by atoms with Gasteiger partial charge in [-0.15, -0.1) is 0 Å². The second-order valence-electron chi connectivity index (χ2n) is 11.1. The summed E-state index contributed by atoms with van der Waals surface area (Å²) >= 11 is 0. The fourth-order valence-corrected chi connectivity index (χ4v) is 4.45. The Balaban J connectivity index is 1.23. The highest BCUT2D eigenvalue weighted by Crippen LogP contribution is 2.27. The molecule has 0 amide bonds. The van der Waals surface area contributed by atoms with Gasteiger partial charge in [-0.1, -0.05) is 64.4 Å². The molecular formula is C33H45NO5. The predicted molar refractivity (Wildman–Crippen MR) is 157 cm³/mol. The predicted octanol–water partition coefficient (Wildman–Crippen LogP) is 8.42. The summed E-state index contributed by atoms with van der Waals surface area (Å²) in [6, 6.07) is 9.53. The van der Waals surface area contributed by atoms with Gasteiger partial charge in [-0.2, -0.15) is 0 Å². The highest BCUT2D eigenvalue weighted by Gasteiger charge is 2.26. The van der Waals surface area contributed by atoms with Crippen molar-refractivity contribution in [3.8, 4) is 16.9 Å². The molecule has 0 saturated heterocycles. The summed E-state index contributed by atoms with van der Waals surface area (Å²) in [5, 5.41) is 0.851. The van der Waals surface area contributed by atoms with E-state index in [0.29, 0.717) is 24.4 Å². The van der Waals surface area contributed by atoms with Crippen molar-refractivity contribution in [2.45, 2.75) is 98.3 Å². The van der Waals surface area contributed by atoms with Gasteiger partial charge >= 0.3 is 11.6 Å². The van der Waals surface area contributed by atoms with E-state index in [4.69, 9.17) is 13.9 Å². The van der Waals surface area contributed by atoms with E-state index in [0.717, 1.165) is 47.9 Å². The number of nitrogens with zero attached hydrogens (tertiary/aromatic N) is 1. The van der Waals surface area contributed by atoms with E-state index in [-0.39, 0.29) is 17.0 Å². The van der Waals surface area contributed by atoms with E-state index in [2.05, 4.69) is 4.98 Å². The Labute approximate surface area is 233 Å². The van der Waals surface area contributed by atoms with Gasteiger partial charge in [0.1, 0.15) is 5.75 Å². The van der Waals surface area contributed by atoms with Crippen molar-refractivity contribution < 1.29 is 18.7 Å². The number of aryl methyl sites for hydroxylation is 1. The van der Waals surface area contributed by atoms with Gasteiger partial charge in [0.15, 0.2) is 5.58 Å². The van der Waals surface area contributed by atoms with Crippen LogP contribution in [0.15, 0.2) is 51.9 Å². The lowest BCUT2D eigenvalue weighted by Gasteiger charge is -2.20. The molecule has 212 valence electrons. The molecule has 0 aliphatic rings. The summed E-state index contributed by atoms with van der Waals surface area (Å²) in [5.74, 6) is 0.784. The zero-order chi connectivity index (χ0) is 28.1. The SMILES string of the molecule is CCC(C)(C)C(=O)OCCCCCCCCCCCCOc1ccc(-c2cc3ccncc3oc2=O)cc1C. The van der Waals surface area contributed by atoms with Crippen molar-refractivity contribution in [1.29, 1.82) is 0 Å². The molecule has 6 nitrogen and oxygen atoms in total. The Morgan fingerprint density at radius 3 is 2.18 bits per heavy atom. The van der Waals surface area contributed by atoms with E-state index in [1.807, 2.05) is 58.0 Å². The molecule has 0 unspecified atom stereocenters. The van der Waals surface area contributed by atoms with Crippen molar-refractivity contribution in [2.24, 2.45) is 5.41 Å². The van der Waals surface area contributed by atoms with Crippen LogP contribution in [0.4, 0.5) is 0 Å². The molecule has 3 rings (SSSR count). The fourth-order valence-electron chi connectivity index (χ4n) is 4.45. The second-order valence-corrected chi connectivity index (χ2v) is 11.1. The molecule has 0 atom stereocenters. The zero-order valence-corrected chi connectivity index (χ0v) is 24.2. The molecule has 2 aromatic heterocycles. The number of carbonyl (C=O) groups excluding carboxylic acids is 1.